The van der Waals surface area contributed by atoms with E-state index in [1.54, 1.807) is 18.5 Å². The monoisotopic (exact) mass is 244 g/mol. The molecule has 5 nitrogen and oxygen atoms in total. The summed E-state index contributed by atoms with van der Waals surface area (Å²) in [6.45, 7) is 0. The smallest absolute Gasteiger partial charge is 0.303 e. The molecule has 0 fully saturated rings. The van der Waals surface area contributed by atoms with Crippen molar-refractivity contribution >= 4 is 22.8 Å². The predicted octanol–water partition coefficient (Wildman–Crippen LogP) is 1.61. The Labute approximate surface area is 103 Å². The van der Waals surface area contributed by atoms with E-state index in [-0.39, 0.29) is 25.0 Å². The number of aromatic nitrogens is 2. The maximum atomic E-state index is 11.6. The van der Waals surface area contributed by atoms with Gasteiger partial charge in [-0.2, -0.15) is 0 Å². The number of fused-ring (bicyclic) bond motifs is 1. The second kappa shape index (κ2) is 5.35. The van der Waals surface area contributed by atoms with Crippen LogP contribution in [-0.4, -0.2) is 26.8 Å². The molecule has 0 aliphatic carbocycles. The summed E-state index contributed by atoms with van der Waals surface area (Å²) in [7, 11) is 0. The van der Waals surface area contributed by atoms with Crippen molar-refractivity contribution in [2.75, 3.05) is 0 Å². The van der Waals surface area contributed by atoms with Gasteiger partial charge in [0.25, 0.3) is 0 Å². The van der Waals surface area contributed by atoms with E-state index in [0.29, 0.717) is 0 Å². The first-order valence-electron chi connectivity index (χ1n) is 5.58. The quantitative estimate of drug-likeness (QED) is 0.864. The number of hydrogen-bond donors (Lipinski definition) is 1. The lowest BCUT2D eigenvalue weighted by Crippen LogP contribution is -2.06. The van der Waals surface area contributed by atoms with E-state index in [0.717, 1.165) is 16.6 Å². The summed E-state index contributed by atoms with van der Waals surface area (Å²) in [4.78, 5) is 30.2. The first-order valence-corrected chi connectivity index (χ1v) is 5.58. The normalized spacial score (nSPS) is 10.4. The van der Waals surface area contributed by atoms with Gasteiger partial charge in [-0.15, -0.1) is 0 Å². The lowest BCUT2D eigenvalue weighted by Gasteiger charge is -2.01. The molecule has 0 bridgehead atoms. The van der Waals surface area contributed by atoms with Gasteiger partial charge in [-0.1, -0.05) is 6.07 Å². The zero-order valence-corrected chi connectivity index (χ0v) is 9.67. The number of rotatable bonds is 5. The van der Waals surface area contributed by atoms with Crippen molar-refractivity contribution in [2.45, 2.75) is 19.3 Å². The molecule has 0 saturated heterocycles. The Kier molecular flexibility index (Phi) is 3.62. The van der Waals surface area contributed by atoms with E-state index < -0.39 is 5.97 Å². The molecular formula is C13H12N2O3. The molecule has 1 heterocycles. The highest BCUT2D eigenvalue weighted by Gasteiger charge is 2.07. The summed E-state index contributed by atoms with van der Waals surface area (Å²) in [5.41, 5.74) is 2.35. The van der Waals surface area contributed by atoms with Gasteiger partial charge in [-0.3, -0.25) is 19.6 Å². The highest BCUT2D eigenvalue weighted by Crippen LogP contribution is 2.12. The van der Waals surface area contributed by atoms with Crippen LogP contribution in [0.3, 0.4) is 0 Å². The average molecular weight is 244 g/mol. The zero-order chi connectivity index (χ0) is 13.0. The van der Waals surface area contributed by atoms with Gasteiger partial charge in [0.05, 0.1) is 17.5 Å². The van der Waals surface area contributed by atoms with Crippen molar-refractivity contribution in [3.8, 4) is 0 Å². The summed E-state index contributed by atoms with van der Waals surface area (Å²) in [6.07, 6.45) is 3.39. The minimum Gasteiger partial charge on any atom is -0.481 e. The van der Waals surface area contributed by atoms with E-state index in [4.69, 9.17) is 5.11 Å². The van der Waals surface area contributed by atoms with Crippen LogP contribution in [0.2, 0.25) is 0 Å². The summed E-state index contributed by atoms with van der Waals surface area (Å²) >= 11 is 0. The highest BCUT2D eigenvalue weighted by molar-refractivity contribution is 5.85. The molecule has 92 valence electrons. The average Bonchev–Trinajstić information content (AvgIpc) is 2.36. The van der Waals surface area contributed by atoms with Crippen molar-refractivity contribution in [1.29, 1.82) is 0 Å². The van der Waals surface area contributed by atoms with E-state index in [1.165, 1.54) is 0 Å². The number of carbonyl (C=O) groups excluding carboxylic acids is 1. The van der Waals surface area contributed by atoms with Crippen molar-refractivity contribution in [3.63, 3.8) is 0 Å². The first kappa shape index (κ1) is 12.2. The van der Waals surface area contributed by atoms with Crippen molar-refractivity contribution in [3.05, 3.63) is 36.2 Å². The number of carboxylic acid groups (broad SMARTS) is 1. The topological polar surface area (TPSA) is 80.1 Å². The molecule has 0 saturated carbocycles. The molecule has 1 aromatic heterocycles. The predicted molar refractivity (Wildman–Crippen MR) is 65.1 cm³/mol. The van der Waals surface area contributed by atoms with Crippen LogP contribution < -0.4 is 0 Å². The van der Waals surface area contributed by atoms with Crippen LogP contribution in [0.5, 0.6) is 0 Å². The second-order valence-electron chi connectivity index (χ2n) is 3.99. The number of nitrogens with zero attached hydrogens (tertiary/aromatic N) is 2. The third-order valence-electron chi connectivity index (χ3n) is 2.55. The van der Waals surface area contributed by atoms with Crippen LogP contribution in [0.4, 0.5) is 0 Å². The zero-order valence-electron chi connectivity index (χ0n) is 9.67. The molecule has 18 heavy (non-hydrogen) atoms. The molecule has 0 radical (unpaired) electrons. The number of hydrogen-bond acceptors (Lipinski definition) is 4. The van der Waals surface area contributed by atoms with Gasteiger partial charge in [-0.05, 0) is 17.7 Å². The number of Topliss-reactive ketones (excluding diaryl/α,β-unsaturated/α-hetero) is 1. The van der Waals surface area contributed by atoms with E-state index in [9.17, 15) is 9.59 Å². The number of carboxylic acids is 1. The van der Waals surface area contributed by atoms with Gasteiger partial charge >= 0.3 is 5.97 Å². The molecule has 0 unspecified atom stereocenters. The minimum absolute atomic E-state index is 0.0633. The number of benzene rings is 1. The molecule has 0 aliphatic heterocycles. The molecule has 1 N–H and O–H groups in total. The minimum atomic E-state index is -0.951. The Morgan fingerprint density at radius 2 is 1.78 bits per heavy atom. The molecule has 5 heteroatoms. The number of ketones is 1. The summed E-state index contributed by atoms with van der Waals surface area (Å²) < 4.78 is 0. The van der Waals surface area contributed by atoms with Crippen LogP contribution in [0, 0.1) is 0 Å². The van der Waals surface area contributed by atoms with Crippen LogP contribution >= 0.6 is 0 Å². The molecule has 1 aromatic carbocycles. The van der Waals surface area contributed by atoms with E-state index in [2.05, 4.69) is 9.97 Å². The van der Waals surface area contributed by atoms with Crippen molar-refractivity contribution < 1.29 is 14.7 Å². The maximum Gasteiger partial charge on any atom is 0.303 e. The lowest BCUT2D eigenvalue weighted by molar-refractivity contribution is -0.138. The van der Waals surface area contributed by atoms with Crippen LogP contribution in [0.1, 0.15) is 18.4 Å². The first-order chi connectivity index (χ1) is 8.65. The Morgan fingerprint density at radius 3 is 2.50 bits per heavy atom. The van der Waals surface area contributed by atoms with Gasteiger partial charge < -0.3 is 5.11 Å². The fraction of sp³-hybridized carbons (Fsp3) is 0.231. The molecule has 2 rings (SSSR count). The van der Waals surface area contributed by atoms with Crippen molar-refractivity contribution in [2.24, 2.45) is 0 Å². The molecule has 0 atom stereocenters. The van der Waals surface area contributed by atoms with Crippen LogP contribution in [0.15, 0.2) is 30.6 Å². The Balaban J connectivity index is 2.07. The number of carbonyl (C=O) groups is 2. The summed E-state index contributed by atoms with van der Waals surface area (Å²) in [5, 5.41) is 8.50. The van der Waals surface area contributed by atoms with Gasteiger partial charge in [0.1, 0.15) is 5.78 Å². The maximum absolute atomic E-state index is 11.6. The Morgan fingerprint density at radius 1 is 1.06 bits per heavy atom. The van der Waals surface area contributed by atoms with Gasteiger partial charge in [0, 0.05) is 25.2 Å². The molecule has 0 aliphatic rings. The van der Waals surface area contributed by atoms with Gasteiger partial charge in [0.15, 0.2) is 0 Å². The largest absolute Gasteiger partial charge is 0.481 e. The second-order valence-corrected chi connectivity index (χ2v) is 3.99. The van der Waals surface area contributed by atoms with Gasteiger partial charge in [0.2, 0.25) is 0 Å². The van der Waals surface area contributed by atoms with E-state index >= 15 is 0 Å². The summed E-state index contributed by atoms with van der Waals surface area (Å²) in [5.74, 6) is -1.03. The third kappa shape index (κ3) is 3.10. The van der Waals surface area contributed by atoms with Gasteiger partial charge in [-0.25, -0.2) is 0 Å². The fourth-order valence-corrected chi connectivity index (χ4v) is 1.68. The van der Waals surface area contributed by atoms with Crippen LogP contribution in [-0.2, 0) is 16.0 Å². The Hall–Kier alpha value is -2.30. The third-order valence-corrected chi connectivity index (χ3v) is 2.55. The molecule has 2 aromatic rings. The molecule has 0 spiro atoms. The molecular weight excluding hydrogens is 232 g/mol. The molecule has 0 amide bonds. The SMILES string of the molecule is O=C(O)CCC(=O)Cc1ccc2nccnc2c1. The number of aliphatic carboxylic acids is 1. The lowest BCUT2D eigenvalue weighted by atomic mass is 10.1. The van der Waals surface area contributed by atoms with E-state index in [1.807, 2.05) is 12.1 Å². The highest BCUT2D eigenvalue weighted by atomic mass is 16.4. The standard InChI is InChI=1S/C13H12N2O3/c16-10(2-4-13(17)18)7-9-1-3-11-12(8-9)15-6-5-14-11/h1,3,5-6,8H,2,4,7H2,(H,17,18). The van der Waals surface area contributed by atoms with Crippen molar-refractivity contribution in [1.82, 2.24) is 9.97 Å². The van der Waals surface area contributed by atoms with Crippen LogP contribution in [0.25, 0.3) is 11.0 Å². The Bertz CT molecular complexity index is 596. The fourth-order valence-electron chi connectivity index (χ4n) is 1.68. The summed E-state index contributed by atoms with van der Waals surface area (Å²) in [6, 6.07) is 5.43.